The molecule has 4 fully saturated rings. The Kier molecular flexibility index (Phi) is 4.79. The second-order valence-corrected chi connectivity index (χ2v) is 10.8. The lowest BCUT2D eigenvalue weighted by molar-refractivity contribution is -0.211. The average Bonchev–Trinajstić information content (AvgIpc) is 2.91. The van der Waals surface area contributed by atoms with Crippen molar-refractivity contribution in [2.45, 2.75) is 85.2 Å². The Bertz CT molecular complexity index is 782. The van der Waals surface area contributed by atoms with Crippen LogP contribution >= 0.6 is 0 Å². The molecule has 1 spiro atoms. The predicted molar refractivity (Wildman–Crippen MR) is 112 cm³/mol. The first-order valence-corrected chi connectivity index (χ1v) is 11.3. The molecule has 4 nitrogen and oxygen atoms in total. The van der Waals surface area contributed by atoms with Crippen molar-refractivity contribution in [2.24, 2.45) is 34.0 Å². The van der Waals surface area contributed by atoms with Crippen LogP contribution in [0, 0.1) is 34.0 Å². The topological polar surface area (TPSA) is 63.6 Å². The molecule has 4 rings (SSSR count). The first-order chi connectivity index (χ1) is 13.6. The highest BCUT2D eigenvalue weighted by Gasteiger charge is 2.67. The van der Waals surface area contributed by atoms with E-state index in [0.29, 0.717) is 29.2 Å². The van der Waals surface area contributed by atoms with E-state index in [1.807, 2.05) is 6.92 Å². The van der Waals surface area contributed by atoms with Crippen LogP contribution in [-0.2, 0) is 14.3 Å². The van der Waals surface area contributed by atoms with Crippen molar-refractivity contribution >= 4 is 11.9 Å². The van der Waals surface area contributed by atoms with Crippen molar-refractivity contribution in [3.63, 3.8) is 0 Å². The number of carbonyl (C=O) groups is 2. The number of aliphatic carboxylic acids is 1. The second-order valence-electron chi connectivity index (χ2n) is 10.8. The van der Waals surface area contributed by atoms with Crippen LogP contribution in [0.1, 0.15) is 79.1 Å². The lowest BCUT2D eigenvalue weighted by Crippen LogP contribution is -2.63. The Hall–Kier alpha value is -1.58. The van der Waals surface area contributed by atoms with Gasteiger partial charge in [0, 0.05) is 5.57 Å². The number of carboxylic acid groups (broad SMARTS) is 1. The van der Waals surface area contributed by atoms with Gasteiger partial charge in [0.1, 0.15) is 11.5 Å². The number of hydrogen-bond donors (Lipinski definition) is 1. The molecule has 0 amide bonds. The zero-order valence-corrected chi connectivity index (χ0v) is 18.4. The third kappa shape index (κ3) is 2.77. The van der Waals surface area contributed by atoms with E-state index in [0.717, 1.165) is 25.7 Å². The molecule has 0 radical (unpaired) electrons. The van der Waals surface area contributed by atoms with Crippen LogP contribution in [0.15, 0.2) is 23.8 Å². The van der Waals surface area contributed by atoms with Crippen molar-refractivity contribution < 1.29 is 19.4 Å². The van der Waals surface area contributed by atoms with Crippen LogP contribution in [-0.4, -0.2) is 23.1 Å². The highest BCUT2D eigenvalue weighted by Crippen LogP contribution is 2.72. The fraction of sp³-hybridized carbons (Fsp3) is 0.760. The molecule has 4 aliphatic rings. The van der Waals surface area contributed by atoms with E-state index in [-0.39, 0.29) is 17.3 Å². The van der Waals surface area contributed by atoms with Gasteiger partial charge in [0.2, 0.25) is 0 Å². The van der Waals surface area contributed by atoms with Gasteiger partial charge in [-0.1, -0.05) is 25.2 Å². The zero-order valence-electron chi connectivity index (χ0n) is 18.4. The predicted octanol–water partition coefficient (Wildman–Crippen LogP) is 5.53. The Morgan fingerprint density at radius 2 is 1.86 bits per heavy atom. The van der Waals surface area contributed by atoms with E-state index in [1.54, 1.807) is 19.9 Å². The minimum Gasteiger partial charge on any atom is -0.481 e. The van der Waals surface area contributed by atoms with Crippen LogP contribution < -0.4 is 0 Å². The van der Waals surface area contributed by atoms with E-state index >= 15 is 0 Å². The van der Waals surface area contributed by atoms with Crippen LogP contribution in [0.25, 0.3) is 0 Å². The molecule has 0 unspecified atom stereocenters. The summed E-state index contributed by atoms with van der Waals surface area (Å²) in [5.41, 5.74) is 1.25. The van der Waals surface area contributed by atoms with Crippen LogP contribution in [0.4, 0.5) is 0 Å². The van der Waals surface area contributed by atoms with Gasteiger partial charge in [-0.3, -0.25) is 4.79 Å². The summed E-state index contributed by atoms with van der Waals surface area (Å²) in [7, 11) is 0. The zero-order chi connectivity index (χ0) is 21.2. The molecule has 0 aromatic carbocycles. The summed E-state index contributed by atoms with van der Waals surface area (Å²) < 4.78 is 5.83. The lowest BCUT2D eigenvalue weighted by Gasteiger charge is -2.64. The van der Waals surface area contributed by atoms with Gasteiger partial charge in [-0.2, -0.15) is 0 Å². The van der Waals surface area contributed by atoms with Crippen molar-refractivity contribution in [2.75, 3.05) is 0 Å². The fourth-order valence-corrected chi connectivity index (χ4v) is 8.06. The molecule has 0 saturated heterocycles. The highest BCUT2D eigenvalue weighted by atomic mass is 16.5. The Morgan fingerprint density at radius 1 is 1.14 bits per heavy atom. The van der Waals surface area contributed by atoms with E-state index in [4.69, 9.17) is 4.74 Å². The first-order valence-electron chi connectivity index (χ1n) is 11.3. The molecule has 1 N–H and O–H groups in total. The van der Waals surface area contributed by atoms with Crippen molar-refractivity contribution in [3.05, 3.63) is 23.8 Å². The maximum absolute atomic E-state index is 12.7. The quantitative estimate of drug-likeness (QED) is 0.384. The third-order valence-electron chi connectivity index (χ3n) is 9.68. The minimum atomic E-state index is -1.04. The number of ether oxygens (including phenoxy) is 1. The number of esters is 1. The molecule has 7 atom stereocenters. The Labute approximate surface area is 174 Å². The number of allylic oxidation sites excluding steroid dienone is 2. The standard InChI is InChI=1S/C25H36O4/c1-6-15(2)21(26)29-20-10-11-23(4)18(24(20,5)22(27)28)9-12-25-13-16(3)17(14-25)7-8-19(23)25/h6,17-20H,3,7-14H2,1-2,4-5H3,(H,27,28)/b15-6+/t17-,18+,19+,20-,23-,24+,25-/m1/s1. The Morgan fingerprint density at radius 3 is 2.52 bits per heavy atom. The lowest BCUT2D eigenvalue weighted by atomic mass is 9.40. The Balaban J connectivity index is 1.68. The number of fused-ring (bicyclic) bond motifs is 3. The molecule has 0 aromatic rings. The summed E-state index contributed by atoms with van der Waals surface area (Å²) in [6.07, 6.45) is 9.51. The normalized spacial score (nSPS) is 46.6. The number of hydrogen-bond acceptors (Lipinski definition) is 3. The molecule has 0 aromatic heterocycles. The van der Waals surface area contributed by atoms with Gasteiger partial charge in [0.15, 0.2) is 0 Å². The van der Waals surface area contributed by atoms with Gasteiger partial charge in [-0.05, 0) is 101 Å². The number of carbonyl (C=O) groups excluding carboxylic acids is 1. The van der Waals surface area contributed by atoms with Gasteiger partial charge in [0.05, 0.1) is 0 Å². The molecule has 2 bridgehead atoms. The van der Waals surface area contributed by atoms with Crippen LogP contribution in [0.3, 0.4) is 0 Å². The van der Waals surface area contributed by atoms with Gasteiger partial charge < -0.3 is 9.84 Å². The second kappa shape index (κ2) is 6.72. The van der Waals surface area contributed by atoms with E-state index in [2.05, 4.69) is 13.5 Å². The minimum absolute atomic E-state index is 0.0144. The van der Waals surface area contributed by atoms with Gasteiger partial charge in [-0.25, -0.2) is 4.79 Å². The van der Waals surface area contributed by atoms with Crippen molar-refractivity contribution in [1.82, 2.24) is 0 Å². The van der Waals surface area contributed by atoms with Gasteiger partial charge in [0.25, 0.3) is 0 Å². The SMILES string of the molecule is C=C1C[C@@]23CC[C@H]4[C@@](C)(CC[C@@H](OC(=O)/C(C)=C/C)[C@@]4(C)C(=O)O)[C@@H]2CC[C@@H]1C3. The molecule has 0 aliphatic heterocycles. The monoisotopic (exact) mass is 400 g/mol. The largest absolute Gasteiger partial charge is 0.481 e. The molecule has 160 valence electrons. The molecule has 4 saturated carbocycles. The van der Waals surface area contributed by atoms with E-state index in [1.165, 1.54) is 24.8 Å². The molecular weight excluding hydrogens is 364 g/mol. The molecule has 0 heterocycles. The highest BCUT2D eigenvalue weighted by molar-refractivity contribution is 5.88. The van der Waals surface area contributed by atoms with Crippen LogP contribution in [0.5, 0.6) is 0 Å². The summed E-state index contributed by atoms with van der Waals surface area (Å²) in [6.45, 7) is 12.1. The van der Waals surface area contributed by atoms with Gasteiger partial charge in [-0.15, -0.1) is 0 Å². The third-order valence-corrected chi connectivity index (χ3v) is 9.68. The van der Waals surface area contributed by atoms with Gasteiger partial charge >= 0.3 is 11.9 Å². The summed E-state index contributed by atoms with van der Waals surface area (Å²) in [4.78, 5) is 25.1. The summed E-state index contributed by atoms with van der Waals surface area (Å²) in [5, 5.41) is 10.4. The number of rotatable bonds is 3. The first kappa shape index (κ1) is 20.7. The summed E-state index contributed by atoms with van der Waals surface area (Å²) in [6, 6.07) is 0. The smallest absolute Gasteiger partial charge is 0.333 e. The average molecular weight is 401 g/mol. The molecule has 4 aliphatic carbocycles. The van der Waals surface area contributed by atoms with E-state index in [9.17, 15) is 14.7 Å². The maximum Gasteiger partial charge on any atom is 0.333 e. The molecule has 29 heavy (non-hydrogen) atoms. The molecular formula is C25H36O4. The maximum atomic E-state index is 12.7. The van der Waals surface area contributed by atoms with Crippen molar-refractivity contribution in [1.29, 1.82) is 0 Å². The number of carboxylic acids is 1. The van der Waals surface area contributed by atoms with Crippen LogP contribution in [0.2, 0.25) is 0 Å². The molecule has 4 heteroatoms. The summed E-state index contributed by atoms with van der Waals surface area (Å²) in [5.74, 6) is 0.0690. The fourth-order valence-electron chi connectivity index (χ4n) is 8.06. The van der Waals surface area contributed by atoms with E-state index < -0.39 is 17.5 Å². The summed E-state index contributed by atoms with van der Waals surface area (Å²) >= 11 is 0. The van der Waals surface area contributed by atoms with Crippen molar-refractivity contribution in [3.8, 4) is 0 Å².